The topological polar surface area (TPSA) is 84.9 Å². The number of carbonyl (C=O) groups is 2. The zero-order chi connectivity index (χ0) is 17.2. The average Bonchev–Trinajstić information content (AvgIpc) is 2.35. The van der Waals surface area contributed by atoms with Crippen LogP contribution in [0.5, 0.6) is 0 Å². The van der Waals surface area contributed by atoms with Crippen LogP contribution in [0.3, 0.4) is 0 Å². The average molecular weight is 317 g/mol. The molecule has 0 fully saturated rings. The number of nitrogens with one attached hydrogen (secondary N) is 1. The molecule has 6 nitrogen and oxygen atoms in total. The van der Waals surface area contributed by atoms with Crippen LogP contribution in [0, 0.1) is 11.8 Å². The molecule has 22 heavy (non-hydrogen) atoms. The van der Waals surface area contributed by atoms with Crippen molar-refractivity contribution >= 4 is 12.1 Å². The third-order valence-corrected chi connectivity index (χ3v) is 3.14. The molecule has 0 aromatic carbocycles. The Morgan fingerprint density at radius 2 is 1.86 bits per heavy atom. The normalized spacial score (nSPS) is 14.2. The van der Waals surface area contributed by atoms with E-state index in [0.717, 1.165) is 6.42 Å². The second kappa shape index (κ2) is 10.4. The van der Waals surface area contributed by atoms with Gasteiger partial charge < -0.3 is 19.9 Å². The fourth-order valence-corrected chi connectivity index (χ4v) is 1.74. The van der Waals surface area contributed by atoms with Crippen LogP contribution in [0.2, 0.25) is 0 Å². The summed E-state index contributed by atoms with van der Waals surface area (Å²) < 4.78 is 10.7. The van der Waals surface area contributed by atoms with Crippen molar-refractivity contribution in [2.75, 3.05) is 19.8 Å². The minimum atomic E-state index is -0.852. The molecule has 130 valence electrons. The van der Waals surface area contributed by atoms with E-state index in [9.17, 15) is 9.59 Å². The SMILES string of the molecule is CC[C@@H](C)COC[C@@H](CCNC(=O)OC(C)(C)C)CC(=O)O. The number of amides is 1. The molecule has 0 spiro atoms. The van der Waals surface area contributed by atoms with E-state index in [4.69, 9.17) is 14.6 Å². The van der Waals surface area contributed by atoms with Gasteiger partial charge in [0, 0.05) is 13.2 Å². The predicted octanol–water partition coefficient (Wildman–Crippen LogP) is 3.05. The first kappa shape index (κ1) is 20.7. The van der Waals surface area contributed by atoms with E-state index in [1.807, 2.05) is 0 Å². The first-order chi connectivity index (χ1) is 10.1. The van der Waals surface area contributed by atoms with E-state index in [-0.39, 0.29) is 12.3 Å². The quantitative estimate of drug-likeness (QED) is 0.647. The Bertz CT molecular complexity index is 338. The van der Waals surface area contributed by atoms with Crippen molar-refractivity contribution < 1.29 is 24.2 Å². The minimum Gasteiger partial charge on any atom is -0.481 e. The van der Waals surface area contributed by atoms with Crippen molar-refractivity contribution in [2.24, 2.45) is 11.8 Å². The molecule has 0 aliphatic carbocycles. The molecule has 0 aromatic heterocycles. The number of hydrogen-bond acceptors (Lipinski definition) is 4. The maximum absolute atomic E-state index is 11.5. The predicted molar refractivity (Wildman–Crippen MR) is 84.9 cm³/mol. The highest BCUT2D eigenvalue weighted by atomic mass is 16.6. The number of carboxylic acid groups (broad SMARTS) is 1. The van der Waals surface area contributed by atoms with Gasteiger partial charge in [0.05, 0.1) is 13.0 Å². The van der Waals surface area contributed by atoms with E-state index in [1.54, 1.807) is 20.8 Å². The van der Waals surface area contributed by atoms with Gasteiger partial charge in [-0.3, -0.25) is 4.79 Å². The number of alkyl carbamates (subject to hydrolysis) is 1. The Labute approximate surface area is 133 Å². The van der Waals surface area contributed by atoms with Gasteiger partial charge in [0.2, 0.25) is 0 Å². The standard InChI is InChI=1S/C16H31NO5/c1-6-12(2)10-21-11-13(9-14(18)19)7-8-17-15(20)22-16(3,4)5/h12-13H,6-11H2,1-5H3,(H,17,20)(H,18,19)/t12-,13+/m1/s1. The first-order valence-electron chi connectivity index (χ1n) is 7.90. The molecule has 0 aliphatic heterocycles. The Hall–Kier alpha value is -1.30. The minimum absolute atomic E-state index is 0.0382. The van der Waals surface area contributed by atoms with Crippen LogP contribution < -0.4 is 5.32 Å². The highest BCUT2D eigenvalue weighted by molar-refractivity contribution is 5.68. The molecular weight excluding hydrogens is 286 g/mol. The van der Waals surface area contributed by atoms with Gasteiger partial charge in [-0.25, -0.2) is 4.79 Å². The van der Waals surface area contributed by atoms with Crippen molar-refractivity contribution in [3.63, 3.8) is 0 Å². The fraction of sp³-hybridized carbons (Fsp3) is 0.875. The van der Waals surface area contributed by atoms with Crippen molar-refractivity contribution in [2.45, 2.75) is 59.5 Å². The largest absolute Gasteiger partial charge is 0.481 e. The van der Waals surface area contributed by atoms with Gasteiger partial charge in [-0.15, -0.1) is 0 Å². The first-order valence-corrected chi connectivity index (χ1v) is 7.90. The molecular formula is C16H31NO5. The van der Waals surface area contributed by atoms with Gasteiger partial charge in [0.25, 0.3) is 0 Å². The van der Waals surface area contributed by atoms with Crippen molar-refractivity contribution in [3.8, 4) is 0 Å². The Kier molecular flexibility index (Phi) is 9.81. The lowest BCUT2D eigenvalue weighted by atomic mass is 10.0. The van der Waals surface area contributed by atoms with Crippen molar-refractivity contribution in [1.29, 1.82) is 0 Å². The van der Waals surface area contributed by atoms with Crippen molar-refractivity contribution in [3.05, 3.63) is 0 Å². The third-order valence-electron chi connectivity index (χ3n) is 3.14. The molecule has 0 radical (unpaired) electrons. The number of hydrogen-bond donors (Lipinski definition) is 2. The van der Waals surface area contributed by atoms with E-state index < -0.39 is 17.7 Å². The van der Waals surface area contributed by atoms with Crippen LogP contribution >= 0.6 is 0 Å². The van der Waals surface area contributed by atoms with Gasteiger partial charge >= 0.3 is 12.1 Å². The zero-order valence-electron chi connectivity index (χ0n) is 14.5. The molecule has 0 bridgehead atoms. The van der Waals surface area contributed by atoms with Crippen LogP contribution in [0.4, 0.5) is 4.79 Å². The summed E-state index contributed by atoms with van der Waals surface area (Å²) in [6.45, 7) is 11.0. The van der Waals surface area contributed by atoms with Crippen LogP contribution in [0.25, 0.3) is 0 Å². The maximum atomic E-state index is 11.5. The van der Waals surface area contributed by atoms with Crippen molar-refractivity contribution in [1.82, 2.24) is 5.32 Å². The molecule has 1 amide bonds. The molecule has 6 heteroatoms. The highest BCUT2D eigenvalue weighted by Gasteiger charge is 2.18. The zero-order valence-corrected chi connectivity index (χ0v) is 14.5. The molecule has 0 aromatic rings. The molecule has 2 atom stereocenters. The van der Waals surface area contributed by atoms with Crippen LogP contribution in [-0.4, -0.2) is 42.5 Å². The van der Waals surface area contributed by atoms with Gasteiger partial charge in [-0.05, 0) is 39.0 Å². The van der Waals surface area contributed by atoms with E-state index in [2.05, 4.69) is 19.2 Å². The molecule has 0 saturated heterocycles. The lowest BCUT2D eigenvalue weighted by Gasteiger charge is -2.21. The maximum Gasteiger partial charge on any atom is 0.407 e. The lowest BCUT2D eigenvalue weighted by Crippen LogP contribution is -2.34. The van der Waals surface area contributed by atoms with E-state index in [0.29, 0.717) is 32.1 Å². The molecule has 0 unspecified atom stereocenters. The van der Waals surface area contributed by atoms with E-state index >= 15 is 0 Å². The lowest BCUT2D eigenvalue weighted by molar-refractivity contribution is -0.138. The van der Waals surface area contributed by atoms with Crippen LogP contribution in [0.1, 0.15) is 53.9 Å². The summed E-state index contributed by atoms with van der Waals surface area (Å²) in [5.41, 5.74) is -0.538. The summed E-state index contributed by atoms with van der Waals surface area (Å²) in [6, 6.07) is 0. The number of carboxylic acids is 1. The molecule has 0 saturated carbocycles. The summed E-state index contributed by atoms with van der Waals surface area (Å²) >= 11 is 0. The summed E-state index contributed by atoms with van der Waals surface area (Å²) in [5, 5.41) is 11.6. The van der Waals surface area contributed by atoms with Crippen LogP contribution in [0.15, 0.2) is 0 Å². The second-order valence-corrected chi connectivity index (χ2v) is 6.73. The Morgan fingerprint density at radius 3 is 2.36 bits per heavy atom. The molecule has 0 rings (SSSR count). The summed E-state index contributed by atoms with van der Waals surface area (Å²) in [5.74, 6) is -0.503. The number of rotatable bonds is 10. The molecule has 0 heterocycles. The monoisotopic (exact) mass is 317 g/mol. The Balaban J connectivity index is 4.08. The van der Waals surface area contributed by atoms with Gasteiger partial charge in [0.1, 0.15) is 5.60 Å². The highest BCUT2D eigenvalue weighted by Crippen LogP contribution is 2.11. The third kappa shape index (κ3) is 12.4. The Morgan fingerprint density at radius 1 is 1.23 bits per heavy atom. The number of carbonyl (C=O) groups excluding carboxylic acids is 1. The summed E-state index contributed by atoms with van der Waals surface area (Å²) in [7, 11) is 0. The molecule has 0 aliphatic rings. The summed E-state index contributed by atoms with van der Waals surface area (Å²) in [6.07, 6.45) is 1.13. The van der Waals surface area contributed by atoms with Gasteiger partial charge in [0.15, 0.2) is 0 Å². The summed E-state index contributed by atoms with van der Waals surface area (Å²) in [4.78, 5) is 22.4. The second-order valence-electron chi connectivity index (χ2n) is 6.73. The molecule has 2 N–H and O–H groups in total. The smallest absolute Gasteiger partial charge is 0.407 e. The van der Waals surface area contributed by atoms with E-state index in [1.165, 1.54) is 0 Å². The van der Waals surface area contributed by atoms with Gasteiger partial charge in [-0.2, -0.15) is 0 Å². The van der Waals surface area contributed by atoms with Gasteiger partial charge in [-0.1, -0.05) is 20.3 Å². The number of aliphatic carboxylic acids is 1. The number of ether oxygens (including phenoxy) is 2. The van der Waals surface area contributed by atoms with Crippen LogP contribution in [-0.2, 0) is 14.3 Å². The fourth-order valence-electron chi connectivity index (χ4n) is 1.74.